The van der Waals surface area contributed by atoms with Crippen LogP contribution in [0.2, 0.25) is 0 Å². The molecule has 0 aromatic heterocycles. The van der Waals surface area contributed by atoms with Gasteiger partial charge < -0.3 is 5.11 Å². The fourth-order valence-corrected chi connectivity index (χ4v) is 2.57. The van der Waals surface area contributed by atoms with E-state index in [0.29, 0.717) is 0 Å². The second kappa shape index (κ2) is 11.2. The zero-order chi connectivity index (χ0) is 15.4. The van der Waals surface area contributed by atoms with Crippen LogP contribution in [0.15, 0.2) is 12.7 Å². The largest absolute Gasteiger partial charge is 0.474 e. The zero-order valence-corrected chi connectivity index (χ0v) is 13.1. The summed E-state index contributed by atoms with van der Waals surface area (Å²) in [6.07, 6.45) is 3.46. The van der Waals surface area contributed by atoms with E-state index in [2.05, 4.69) is 13.5 Å². The van der Waals surface area contributed by atoms with Crippen LogP contribution < -0.4 is 0 Å². The molecule has 2 unspecified atom stereocenters. The summed E-state index contributed by atoms with van der Waals surface area (Å²) in [7, 11) is -3.72. The van der Waals surface area contributed by atoms with Gasteiger partial charge in [-0.1, -0.05) is 32.8 Å². The topological polar surface area (TPSA) is 82.1 Å². The van der Waals surface area contributed by atoms with Crippen LogP contribution in [-0.2, 0) is 22.9 Å². The molecule has 1 N–H and O–H groups in total. The summed E-state index contributed by atoms with van der Waals surface area (Å²) in [5.41, 5.74) is 0. The molecular weight excluding hydrogens is 283 g/mol. The van der Waals surface area contributed by atoms with Gasteiger partial charge in [0.25, 0.3) is 0 Å². The molecule has 0 rings (SSSR count). The molecule has 0 radical (unpaired) electrons. The van der Waals surface area contributed by atoms with E-state index in [1.807, 2.05) is 0 Å². The molecule has 0 amide bonds. The van der Waals surface area contributed by atoms with Gasteiger partial charge in [0.2, 0.25) is 0 Å². The molecule has 7 heteroatoms. The van der Waals surface area contributed by atoms with Gasteiger partial charge in [-0.15, -0.1) is 0 Å². The molecule has 0 spiro atoms. The number of carbonyl (C=O) groups excluding carboxylic acids is 1. The fourth-order valence-electron chi connectivity index (χ4n) is 1.36. The Kier molecular flexibility index (Phi) is 10.9. The first-order valence-electron chi connectivity index (χ1n) is 6.87. The molecule has 20 heavy (non-hydrogen) atoms. The predicted molar refractivity (Wildman–Crippen MR) is 76.5 cm³/mol. The van der Waals surface area contributed by atoms with E-state index in [1.165, 1.54) is 0 Å². The Morgan fingerprint density at radius 1 is 1.25 bits per heavy atom. The Morgan fingerprint density at radius 2 is 1.95 bits per heavy atom. The lowest BCUT2D eigenvalue weighted by atomic mass is 10.2. The van der Waals surface area contributed by atoms with Crippen LogP contribution in [0.5, 0.6) is 0 Å². The summed E-state index contributed by atoms with van der Waals surface area (Å²) < 4.78 is 27.2. The van der Waals surface area contributed by atoms with Gasteiger partial charge in [0.15, 0.2) is 5.78 Å². The summed E-state index contributed by atoms with van der Waals surface area (Å²) in [6.45, 7) is 6.94. The van der Waals surface area contributed by atoms with Gasteiger partial charge in [0, 0.05) is 0 Å². The molecule has 0 heterocycles. The summed E-state index contributed by atoms with van der Waals surface area (Å²) in [5.74, 6) is -0.601. The molecule has 0 aliphatic rings. The van der Waals surface area contributed by atoms with Crippen molar-refractivity contribution in [2.24, 2.45) is 0 Å². The van der Waals surface area contributed by atoms with Gasteiger partial charge in [0.05, 0.1) is 19.8 Å². The van der Waals surface area contributed by atoms with Crippen LogP contribution >= 0.6 is 7.82 Å². The maximum Gasteiger partial charge on any atom is 0.474 e. The highest BCUT2D eigenvalue weighted by atomic mass is 31.2. The van der Waals surface area contributed by atoms with Crippen molar-refractivity contribution in [3.05, 3.63) is 12.7 Å². The SMILES string of the molecule is C=CC(=O)C(O)COP(=O)(OCC)OCCCCCC. The molecule has 0 aliphatic heterocycles. The smallest absolute Gasteiger partial charge is 0.382 e. The minimum absolute atomic E-state index is 0.151. The molecule has 0 bridgehead atoms. The van der Waals surface area contributed by atoms with Crippen molar-refractivity contribution in [3.8, 4) is 0 Å². The molecule has 0 saturated heterocycles. The first kappa shape index (κ1) is 19.5. The number of carbonyl (C=O) groups is 1. The first-order valence-corrected chi connectivity index (χ1v) is 8.33. The van der Waals surface area contributed by atoms with Crippen LogP contribution in [0, 0.1) is 0 Å². The van der Waals surface area contributed by atoms with Crippen LogP contribution in [0.1, 0.15) is 39.5 Å². The Morgan fingerprint density at radius 3 is 2.50 bits per heavy atom. The maximum atomic E-state index is 12.1. The molecular formula is C13H25O6P. The van der Waals surface area contributed by atoms with Crippen LogP contribution in [0.4, 0.5) is 0 Å². The van der Waals surface area contributed by atoms with Crippen LogP contribution in [0.25, 0.3) is 0 Å². The molecule has 6 nitrogen and oxygen atoms in total. The minimum atomic E-state index is -3.72. The van der Waals surface area contributed by atoms with Crippen molar-refractivity contribution in [1.29, 1.82) is 0 Å². The molecule has 0 aromatic carbocycles. The lowest BCUT2D eigenvalue weighted by molar-refractivity contribution is -0.123. The lowest BCUT2D eigenvalue weighted by Crippen LogP contribution is -2.24. The van der Waals surface area contributed by atoms with Gasteiger partial charge in [-0.05, 0) is 19.4 Å². The van der Waals surface area contributed by atoms with Crippen molar-refractivity contribution < 1.29 is 28.0 Å². The van der Waals surface area contributed by atoms with Crippen molar-refractivity contribution in [2.75, 3.05) is 19.8 Å². The number of unbranched alkanes of at least 4 members (excludes halogenated alkanes) is 3. The van der Waals surface area contributed by atoms with Crippen molar-refractivity contribution in [1.82, 2.24) is 0 Å². The van der Waals surface area contributed by atoms with Gasteiger partial charge in [-0.25, -0.2) is 4.57 Å². The highest BCUT2D eigenvalue weighted by Gasteiger charge is 2.28. The Bertz CT molecular complexity index is 331. The number of phosphoric acid groups is 1. The Labute approximate surface area is 120 Å². The highest BCUT2D eigenvalue weighted by molar-refractivity contribution is 7.48. The molecule has 0 aromatic rings. The number of ketones is 1. The van der Waals surface area contributed by atoms with Crippen molar-refractivity contribution in [2.45, 2.75) is 45.6 Å². The minimum Gasteiger partial charge on any atom is -0.382 e. The lowest BCUT2D eigenvalue weighted by Gasteiger charge is -2.18. The highest BCUT2D eigenvalue weighted by Crippen LogP contribution is 2.49. The van der Waals surface area contributed by atoms with Gasteiger partial charge in [-0.2, -0.15) is 0 Å². The number of hydrogen-bond donors (Lipinski definition) is 1. The van der Waals surface area contributed by atoms with E-state index < -0.39 is 26.3 Å². The monoisotopic (exact) mass is 308 g/mol. The van der Waals surface area contributed by atoms with E-state index >= 15 is 0 Å². The molecule has 0 saturated carbocycles. The summed E-state index contributed by atoms with van der Waals surface area (Å²) in [4.78, 5) is 11.1. The zero-order valence-electron chi connectivity index (χ0n) is 12.2. The van der Waals surface area contributed by atoms with E-state index in [9.17, 15) is 14.5 Å². The first-order chi connectivity index (χ1) is 9.49. The Hall–Kier alpha value is -0.520. The average molecular weight is 308 g/mol. The molecule has 118 valence electrons. The number of rotatable bonds is 13. The van der Waals surface area contributed by atoms with Gasteiger partial charge >= 0.3 is 7.82 Å². The number of aliphatic hydroxyl groups is 1. The van der Waals surface area contributed by atoms with Gasteiger partial charge in [-0.3, -0.25) is 18.4 Å². The fraction of sp³-hybridized carbons (Fsp3) is 0.769. The average Bonchev–Trinajstić information content (AvgIpc) is 2.44. The van der Waals surface area contributed by atoms with E-state index in [-0.39, 0.29) is 13.2 Å². The maximum absolute atomic E-state index is 12.1. The third-order valence-corrected chi connectivity index (χ3v) is 3.99. The van der Waals surface area contributed by atoms with E-state index in [1.54, 1.807) is 6.92 Å². The molecule has 2 atom stereocenters. The summed E-state index contributed by atoms with van der Waals surface area (Å²) in [5, 5.41) is 9.41. The van der Waals surface area contributed by atoms with Crippen molar-refractivity contribution >= 4 is 13.6 Å². The van der Waals surface area contributed by atoms with Crippen LogP contribution in [0.3, 0.4) is 0 Å². The quantitative estimate of drug-likeness (QED) is 0.320. The normalized spacial score (nSPS) is 15.6. The predicted octanol–water partition coefficient (Wildman–Crippen LogP) is 2.86. The summed E-state index contributed by atoms with van der Waals surface area (Å²) >= 11 is 0. The van der Waals surface area contributed by atoms with E-state index in [4.69, 9.17) is 13.6 Å². The number of phosphoric ester groups is 1. The second-order valence-electron chi connectivity index (χ2n) is 4.18. The molecule has 0 fully saturated rings. The number of hydrogen-bond acceptors (Lipinski definition) is 6. The second-order valence-corrected chi connectivity index (χ2v) is 5.85. The Balaban J connectivity index is 4.20. The van der Waals surface area contributed by atoms with E-state index in [0.717, 1.165) is 31.8 Å². The third-order valence-electron chi connectivity index (χ3n) is 2.45. The third kappa shape index (κ3) is 8.61. The molecule has 0 aliphatic carbocycles. The standard InChI is InChI=1S/C13H25O6P/c1-4-7-8-9-10-18-20(16,17-6-3)19-11-13(15)12(14)5-2/h5,13,15H,2,4,6-11H2,1,3H3. The van der Waals surface area contributed by atoms with Crippen LogP contribution in [-0.4, -0.2) is 36.8 Å². The number of aliphatic hydroxyl groups excluding tert-OH is 1. The summed E-state index contributed by atoms with van der Waals surface area (Å²) in [6, 6.07) is 0. The van der Waals surface area contributed by atoms with Crippen molar-refractivity contribution in [3.63, 3.8) is 0 Å². The van der Waals surface area contributed by atoms with Gasteiger partial charge in [0.1, 0.15) is 6.10 Å².